The van der Waals surface area contributed by atoms with Crippen LogP contribution in [0.5, 0.6) is 5.75 Å². The van der Waals surface area contributed by atoms with Crippen LogP contribution in [-0.4, -0.2) is 74.9 Å². The summed E-state index contributed by atoms with van der Waals surface area (Å²) in [6.07, 6.45) is -3.35. The number of nitrogens with one attached hydrogen (secondary N) is 1. The number of methoxy groups -OCH3 is 1. The molecule has 2 rings (SSSR count). The van der Waals surface area contributed by atoms with E-state index >= 15 is 0 Å². The van der Waals surface area contributed by atoms with Crippen molar-refractivity contribution in [3.8, 4) is 5.75 Å². The van der Waals surface area contributed by atoms with Crippen LogP contribution in [0, 0.1) is 0 Å². The summed E-state index contributed by atoms with van der Waals surface area (Å²) >= 11 is 0. The van der Waals surface area contributed by atoms with Gasteiger partial charge in [0.25, 0.3) is 0 Å². The quantitative estimate of drug-likeness (QED) is 0.384. The fraction of sp³-hybridized carbons (Fsp3) is 0.611. The lowest BCUT2D eigenvalue weighted by atomic mass is 10.1. The lowest BCUT2D eigenvalue weighted by Crippen LogP contribution is -2.56. The van der Waals surface area contributed by atoms with Crippen molar-refractivity contribution >= 4 is 29.9 Å². The number of aliphatic imine (C=N–C) groups is 1. The number of piperazine rings is 1. The number of alkyl halides is 3. The molecule has 0 aliphatic carbocycles. The van der Waals surface area contributed by atoms with E-state index in [0.29, 0.717) is 32.7 Å². The number of rotatable bonds is 5. The molecule has 1 unspecified atom stereocenters. The standard InChI is InChI=1S/C18H27F3N4O.HI/c1-14(18(19,20)21)24-10-12-25(13-11-24)17(22-2)23-9-8-15-4-6-16(26-3)7-5-15;/h4-7,14H,8-13H2,1-3H3,(H,22,23);1H. The molecule has 1 saturated heterocycles. The molecular weight excluding hydrogens is 472 g/mol. The Kier molecular flexibility index (Phi) is 9.65. The Labute approximate surface area is 176 Å². The first kappa shape index (κ1) is 23.8. The number of ether oxygens (including phenoxy) is 1. The van der Waals surface area contributed by atoms with Gasteiger partial charge < -0.3 is 15.0 Å². The van der Waals surface area contributed by atoms with Gasteiger partial charge in [-0.15, -0.1) is 24.0 Å². The first-order valence-corrected chi connectivity index (χ1v) is 8.74. The molecular formula is C18H28F3IN4O. The van der Waals surface area contributed by atoms with E-state index in [1.165, 1.54) is 17.4 Å². The average molecular weight is 500 g/mol. The Morgan fingerprint density at radius 2 is 1.78 bits per heavy atom. The predicted octanol–water partition coefficient (Wildman–Crippen LogP) is 3.00. The molecule has 0 amide bonds. The van der Waals surface area contributed by atoms with Crippen molar-refractivity contribution in [1.29, 1.82) is 0 Å². The van der Waals surface area contributed by atoms with Crippen molar-refractivity contribution in [1.82, 2.24) is 15.1 Å². The highest BCUT2D eigenvalue weighted by molar-refractivity contribution is 14.0. The maximum absolute atomic E-state index is 12.8. The third-order valence-corrected chi connectivity index (χ3v) is 4.70. The van der Waals surface area contributed by atoms with E-state index in [4.69, 9.17) is 4.74 Å². The zero-order valence-electron chi connectivity index (χ0n) is 15.9. The minimum absolute atomic E-state index is 0. The van der Waals surface area contributed by atoms with Gasteiger partial charge in [-0.25, -0.2) is 0 Å². The normalized spacial score (nSPS) is 17.3. The molecule has 1 aliphatic heterocycles. The smallest absolute Gasteiger partial charge is 0.403 e. The van der Waals surface area contributed by atoms with Gasteiger partial charge in [-0.05, 0) is 31.0 Å². The number of nitrogens with zero attached hydrogens (tertiary/aromatic N) is 3. The van der Waals surface area contributed by atoms with Gasteiger partial charge in [0.1, 0.15) is 11.8 Å². The second-order valence-electron chi connectivity index (χ2n) is 6.31. The average Bonchev–Trinajstić information content (AvgIpc) is 2.64. The lowest BCUT2D eigenvalue weighted by molar-refractivity contribution is -0.181. The molecule has 9 heteroatoms. The van der Waals surface area contributed by atoms with Crippen molar-refractivity contribution in [3.63, 3.8) is 0 Å². The molecule has 1 N–H and O–H groups in total. The van der Waals surface area contributed by atoms with Crippen LogP contribution in [0.15, 0.2) is 29.3 Å². The molecule has 27 heavy (non-hydrogen) atoms. The molecule has 0 bridgehead atoms. The van der Waals surface area contributed by atoms with E-state index in [1.54, 1.807) is 14.2 Å². The van der Waals surface area contributed by atoms with E-state index < -0.39 is 12.2 Å². The lowest BCUT2D eigenvalue weighted by Gasteiger charge is -2.39. The van der Waals surface area contributed by atoms with Crippen molar-refractivity contribution < 1.29 is 17.9 Å². The van der Waals surface area contributed by atoms with Gasteiger partial charge in [0, 0.05) is 39.8 Å². The molecule has 0 spiro atoms. The molecule has 0 radical (unpaired) electrons. The molecule has 1 heterocycles. The van der Waals surface area contributed by atoms with Gasteiger partial charge in [-0.2, -0.15) is 13.2 Å². The zero-order valence-corrected chi connectivity index (χ0v) is 18.3. The zero-order chi connectivity index (χ0) is 19.2. The van der Waals surface area contributed by atoms with E-state index in [-0.39, 0.29) is 24.0 Å². The predicted molar refractivity (Wildman–Crippen MR) is 112 cm³/mol. The maximum atomic E-state index is 12.8. The molecule has 0 aromatic heterocycles. The Morgan fingerprint density at radius 1 is 1.19 bits per heavy atom. The maximum Gasteiger partial charge on any atom is 0.403 e. The van der Waals surface area contributed by atoms with Crippen LogP contribution >= 0.6 is 24.0 Å². The summed E-state index contributed by atoms with van der Waals surface area (Å²) in [4.78, 5) is 7.74. The van der Waals surface area contributed by atoms with Crippen LogP contribution < -0.4 is 10.1 Å². The summed E-state index contributed by atoms with van der Waals surface area (Å²) in [5.74, 6) is 1.56. The topological polar surface area (TPSA) is 40.1 Å². The second-order valence-corrected chi connectivity index (χ2v) is 6.31. The third-order valence-electron chi connectivity index (χ3n) is 4.70. The highest BCUT2D eigenvalue weighted by atomic mass is 127. The van der Waals surface area contributed by atoms with Gasteiger partial charge in [0.05, 0.1) is 7.11 Å². The van der Waals surface area contributed by atoms with Gasteiger partial charge >= 0.3 is 6.18 Å². The van der Waals surface area contributed by atoms with Gasteiger partial charge in [-0.3, -0.25) is 9.89 Å². The third kappa shape index (κ3) is 7.02. The fourth-order valence-corrected chi connectivity index (χ4v) is 2.97. The largest absolute Gasteiger partial charge is 0.497 e. The number of guanidine groups is 1. The van der Waals surface area contributed by atoms with E-state index in [2.05, 4.69) is 10.3 Å². The molecule has 1 aromatic carbocycles. The minimum atomic E-state index is -4.18. The summed E-state index contributed by atoms with van der Waals surface area (Å²) in [6, 6.07) is 6.46. The Hall–Kier alpha value is -1.23. The fourth-order valence-electron chi connectivity index (χ4n) is 2.97. The Balaban J connectivity index is 0.00000364. The minimum Gasteiger partial charge on any atom is -0.497 e. The van der Waals surface area contributed by atoms with Crippen LogP contribution in [0.25, 0.3) is 0 Å². The van der Waals surface area contributed by atoms with Gasteiger partial charge in [-0.1, -0.05) is 12.1 Å². The molecule has 5 nitrogen and oxygen atoms in total. The highest BCUT2D eigenvalue weighted by Gasteiger charge is 2.41. The van der Waals surface area contributed by atoms with Crippen LogP contribution in [0.2, 0.25) is 0 Å². The van der Waals surface area contributed by atoms with Crippen molar-refractivity contribution in [2.45, 2.75) is 25.6 Å². The van der Waals surface area contributed by atoms with E-state index in [0.717, 1.165) is 18.1 Å². The summed E-state index contributed by atoms with van der Waals surface area (Å²) in [5, 5.41) is 3.29. The monoisotopic (exact) mass is 500 g/mol. The summed E-state index contributed by atoms with van der Waals surface area (Å²) in [7, 11) is 3.33. The van der Waals surface area contributed by atoms with Crippen molar-refractivity contribution in [3.05, 3.63) is 29.8 Å². The molecule has 1 aliphatic rings. The van der Waals surface area contributed by atoms with Crippen LogP contribution in [-0.2, 0) is 6.42 Å². The van der Waals surface area contributed by atoms with E-state index in [1.807, 2.05) is 29.2 Å². The summed E-state index contributed by atoms with van der Waals surface area (Å²) in [6.45, 7) is 3.74. The SMILES string of the molecule is CN=C(NCCc1ccc(OC)cc1)N1CCN(C(C)C(F)(F)F)CC1.I. The second kappa shape index (κ2) is 10.9. The first-order valence-electron chi connectivity index (χ1n) is 8.74. The highest BCUT2D eigenvalue weighted by Crippen LogP contribution is 2.25. The molecule has 1 aromatic rings. The van der Waals surface area contributed by atoms with Crippen LogP contribution in [0.4, 0.5) is 13.2 Å². The number of benzene rings is 1. The number of hydrogen-bond donors (Lipinski definition) is 1. The first-order chi connectivity index (χ1) is 12.3. The van der Waals surface area contributed by atoms with Crippen LogP contribution in [0.3, 0.4) is 0 Å². The van der Waals surface area contributed by atoms with Crippen LogP contribution in [0.1, 0.15) is 12.5 Å². The summed E-state index contributed by atoms with van der Waals surface area (Å²) in [5.41, 5.74) is 1.18. The molecule has 1 atom stereocenters. The number of halogens is 4. The van der Waals surface area contributed by atoms with E-state index in [9.17, 15) is 13.2 Å². The van der Waals surface area contributed by atoms with Crippen molar-refractivity contribution in [2.24, 2.45) is 4.99 Å². The molecule has 154 valence electrons. The van der Waals surface area contributed by atoms with Gasteiger partial charge in [0.2, 0.25) is 0 Å². The van der Waals surface area contributed by atoms with Gasteiger partial charge in [0.15, 0.2) is 5.96 Å². The molecule has 1 fully saturated rings. The van der Waals surface area contributed by atoms with Crippen molar-refractivity contribution in [2.75, 3.05) is 46.9 Å². The summed E-state index contributed by atoms with van der Waals surface area (Å²) < 4.78 is 43.6. The molecule has 0 saturated carbocycles. The Morgan fingerprint density at radius 3 is 2.26 bits per heavy atom. The number of hydrogen-bond acceptors (Lipinski definition) is 3. The Bertz CT molecular complexity index is 587.